The predicted octanol–water partition coefficient (Wildman–Crippen LogP) is 2.99. The molecule has 0 aliphatic carbocycles. The highest BCUT2D eigenvalue weighted by Crippen LogP contribution is 2.30. The largest absolute Gasteiger partial charge is 0.493 e. The first kappa shape index (κ1) is 14.7. The second-order valence-corrected chi connectivity index (χ2v) is 5.86. The maximum Gasteiger partial charge on any atom is 0.258 e. The van der Waals surface area contributed by atoms with Crippen LogP contribution in [-0.4, -0.2) is 15.1 Å². The summed E-state index contributed by atoms with van der Waals surface area (Å²) in [6.45, 7) is 12.1. The van der Waals surface area contributed by atoms with Gasteiger partial charge in [0.15, 0.2) is 0 Å². The quantitative estimate of drug-likeness (QED) is 0.865. The Balaban J connectivity index is 3.32. The van der Waals surface area contributed by atoms with Crippen molar-refractivity contribution in [3.63, 3.8) is 0 Å². The van der Waals surface area contributed by atoms with Gasteiger partial charge < -0.3 is 10.1 Å². The Hall–Kier alpha value is -1.32. The molecular weight excluding hydrogens is 228 g/mol. The van der Waals surface area contributed by atoms with E-state index in [2.05, 4.69) is 37.7 Å². The molecule has 0 bridgehead atoms. The van der Waals surface area contributed by atoms with Gasteiger partial charge in [-0.2, -0.15) is 4.98 Å². The maximum absolute atomic E-state index is 12.0. The molecule has 0 saturated heterocycles. The van der Waals surface area contributed by atoms with Gasteiger partial charge in [-0.15, -0.1) is 0 Å². The Bertz CT molecular complexity index is 453. The first-order valence-corrected chi connectivity index (χ1v) is 6.58. The summed E-state index contributed by atoms with van der Waals surface area (Å²) in [6.07, 6.45) is 0. The Kier molecular flexibility index (Phi) is 4.54. The van der Waals surface area contributed by atoms with Crippen LogP contribution in [0.25, 0.3) is 0 Å². The van der Waals surface area contributed by atoms with Gasteiger partial charge in [0.25, 0.3) is 5.56 Å². The molecule has 1 rings (SSSR count). The highest BCUT2D eigenvalue weighted by molar-refractivity contribution is 5.26. The van der Waals surface area contributed by atoms with Crippen LogP contribution < -0.4 is 5.56 Å². The lowest BCUT2D eigenvalue weighted by Crippen LogP contribution is -2.23. The van der Waals surface area contributed by atoms with Crippen LogP contribution in [-0.2, 0) is 0 Å². The third kappa shape index (κ3) is 2.92. The van der Waals surface area contributed by atoms with E-state index < -0.39 is 0 Å². The fraction of sp³-hybridized carbons (Fsp3) is 0.714. The molecule has 0 aliphatic heterocycles. The molecule has 0 saturated carbocycles. The van der Waals surface area contributed by atoms with Crippen molar-refractivity contribution in [2.75, 3.05) is 0 Å². The Morgan fingerprint density at radius 1 is 1.06 bits per heavy atom. The summed E-state index contributed by atoms with van der Waals surface area (Å²) in [6, 6.07) is 0. The number of hydrogen-bond acceptors (Lipinski definition) is 3. The molecule has 1 aromatic rings. The molecule has 4 nitrogen and oxygen atoms in total. The summed E-state index contributed by atoms with van der Waals surface area (Å²) in [5.41, 5.74) is 0.142. The molecule has 0 radical (unpaired) electrons. The zero-order valence-electron chi connectivity index (χ0n) is 12.1. The van der Waals surface area contributed by atoms with Gasteiger partial charge in [0, 0.05) is 5.92 Å². The lowest BCUT2D eigenvalue weighted by molar-refractivity contribution is 0.359. The molecule has 18 heavy (non-hydrogen) atoms. The van der Waals surface area contributed by atoms with Gasteiger partial charge in [0.05, 0.1) is 5.56 Å². The summed E-state index contributed by atoms with van der Waals surface area (Å²) >= 11 is 0. The monoisotopic (exact) mass is 252 g/mol. The van der Waals surface area contributed by atoms with E-state index in [4.69, 9.17) is 0 Å². The molecule has 0 amide bonds. The van der Waals surface area contributed by atoms with Crippen molar-refractivity contribution in [3.05, 3.63) is 21.7 Å². The number of aromatic hydroxyl groups is 1. The van der Waals surface area contributed by atoms with Gasteiger partial charge in [0.1, 0.15) is 5.82 Å². The van der Waals surface area contributed by atoms with Crippen LogP contribution in [0, 0.1) is 11.8 Å². The number of aromatic nitrogens is 2. The molecule has 0 aliphatic rings. The highest BCUT2D eigenvalue weighted by atomic mass is 16.3. The third-order valence-electron chi connectivity index (χ3n) is 3.28. The molecule has 0 fully saturated rings. The van der Waals surface area contributed by atoms with Crippen molar-refractivity contribution in [1.82, 2.24) is 9.97 Å². The lowest BCUT2D eigenvalue weighted by atomic mass is 9.85. The molecule has 1 heterocycles. The fourth-order valence-corrected chi connectivity index (χ4v) is 2.57. The van der Waals surface area contributed by atoms with E-state index in [1.165, 1.54) is 0 Å². The van der Waals surface area contributed by atoms with Crippen LogP contribution in [0.5, 0.6) is 5.88 Å². The van der Waals surface area contributed by atoms with E-state index in [1.807, 2.05) is 13.8 Å². The third-order valence-corrected chi connectivity index (χ3v) is 3.28. The summed E-state index contributed by atoms with van der Waals surface area (Å²) < 4.78 is 0. The van der Waals surface area contributed by atoms with Crippen LogP contribution in [0.2, 0.25) is 0 Å². The molecule has 0 unspecified atom stereocenters. The summed E-state index contributed by atoms with van der Waals surface area (Å²) in [5, 5.41) is 9.92. The fourth-order valence-electron chi connectivity index (χ4n) is 2.57. The first-order valence-electron chi connectivity index (χ1n) is 6.58. The van der Waals surface area contributed by atoms with Crippen molar-refractivity contribution < 1.29 is 5.11 Å². The van der Waals surface area contributed by atoms with Crippen LogP contribution in [0.1, 0.15) is 64.8 Å². The van der Waals surface area contributed by atoms with Crippen molar-refractivity contribution in [2.45, 2.75) is 53.4 Å². The van der Waals surface area contributed by atoms with E-state index in [1.54, 1.807) is 0 Å². The second kappa shape index (κ2) is 5.55. The molecule has 4 heteroatoms. The van der Waals surface area contributed by atoms with E-state index in [0.29, 0.717) is 23.2 Å². The molecular formula is C14H24N2O2. The maximum atomic E-state index is 12.0. The average molecular weight is 252 g/mol. The first-order chi connectivity index (χ1) is 8.25. The number of hydrogen-bond donors (Lipinski definition) is 2. The van der Waals surface area contributed by atoms with Gasteiger partial charge in [-0.05, 0) is 17.8 Å². The molecule has 2 N–H and O–H groups in total. The summed E-state index contributed by atoms with van der Waals surface area (Å²) in [7, 11) is 0. The normalized spacial score (nSPS) is 12.1. The van der Waals surface area contributed by atoms with Crippen molar-refractivity contribution in [1.29, 1.82) is 0 Å². The smallest absolute Gasteiger partial charge is 0.258 e. The predicted molar refractivity (Wildman–Crippen MR) is 73.0 cm³/mol. The zero-order valence-corrected chi connectivity index (χ0v) is 12.1. The average Bonchev–Trinajstić information content (AvgIpc) is 2.13. The number of H-pyrrole nitrogens is 1. The van der Waals surface area contributed by atoms with E-state index in [9.17, 15) is 9.90 Å². The lowest BCUT2D eigenvalue weighted by Gasteiger charge is -2.24. The SMILES string of the molecule is CC(C)c1c(O)nc(C(C(C)C)C(C)C)[nH]c1=O. The number of aromatic amines is 1. The minimum Gasteiger partial charge on any atom is -0.493 e. The molecule has 0 spiro atoms. The minimum atomic E-state index is -0.223. The van der Waals surface area contributed by atoms with E-state index in [-0.39, 0.29) is 23.3 Å². The van der Waals surface area contributed by atoms with Crippen LogP contribution in [0.4, 0.5) is 0 Å². The molecule has 0 atom stereocenters. The van der Waals surface area contributed by atoms with Gasteiger partial charge in [-0.25, -0.2) is 0 Å². The van der Waals surface area contributed by atoms with Gasteiger partial charge in [0.2, 0.25) is 5.88 Å². The summed E-state index contributed by atoms with van der Waals surface area (Å²) in [4.78, 5) is 19.0. The molecule has 1 aromatic heterocycles. The Morgan fingerprint density at radius 2 is 1.56 bits per heavy atom. The van der Waals surface area contributed by atoms with Crippen molar-refractivity contribution in [2.24, 2.45) is 11.8 Å². The van der Waals surface area contributed by atoms with Crippen LogP contribution >= 0.6 is 0 Å². The van der Waals surface area contributed by atoms with Gasteiger partial charge in [-0.1, -0.05) is 41.5 Å². The van der Waals surface area contributed by atoms with Crippen molar-refractivity contribution >= 4 is 0 Å². The number of nitrogens with one attached hydrogen (secondary N) is 1. The number of rotatable bonds is 4. The van der Waals surface area contributed by atoms with E-state index in [0.717, 1.165) is 0 Å². The minimum absolute atomic E-state index is 0.0353. The zero-order chi connectivity index (χ0) is 14.0. The Morgan fingerprint density at radius 3 is 1.89 bits per heavy atom. The topological polar surface area (TPSA) is 66.0 Å². The van der Waals surface area contributed by atoms with Gasteiger partial charge >= 0.3 is 0 Å². The van der Waals surface area contributed by atoms with Crippen LogP contribution in [0.3, 0.4) is 0 Å². The van der Waals surface area contributed by atoms with Crippen LogP contribution in [0.15, 0.2) is 4.79 Å². The summed E-state index contributed by atoms with van der Waals surface area (Å²) in [5.74, 6) is 1.29. The highest BCUT2D eigenvalue weighted by Gasteiger charge is 2.24. The standard InChI is InChI=1S/C14H24N2O2/c1-7(2)10(8(3)4)12-15-13(17)11(9(5)6)14(18)16-12/h7-10H,1-6H3,(H2,15,16,17,18). The molecule has 102 valence electrons. The second-order valence-electron chi connectivity index (χ2n) is 5.86. The van der Waals surface area contributed by atoms with Crippen molar-refractivity contribution in [3.8, 4) is 5.88 Å². The number of nitrogens with zero attached hydrogens (tertiary/aromatic N) is 1. The van der Waals surface area contributed by atoms with Gasteiger partial charge in [-0.3, -0.25) is 4.79 Å². The van der Waals surface area contributed by atoms with E-state index >= 15 is 0 Å². The molecule has 0 aromatic carbocycles. The Labute approximate surface area is 108 Å².